The fourth-order valence-corrected chi connectivity index (χ4v) is 3.67. The van der Waals surface area contributed by atoms with Gasteiger partial charge in [-0.15, -0.1) is 0 Å². The first-order chi connectivity index (χ1) is 9.63. The summed E-state index contributed by atoms with van der Waals surface area (Å²) in [6, 6.07) is 6.15. The van der Waals surface area contributed by atoms with E-state index in [0.29, 0.717) is 5.13 Å². The van der Waals surface area contributed by atoms with E-state index in [-0.39, 0.29) is 11.3 Å². The summed E-state index contributed by atoms with van der Waals surface area (Å²) in [6.45, 7) is 5.82. The van der Waals surface area contributed by atoms with Crippen LogP contribution in [0.3, 0.4) is 0 Å². The van der Waals surface area contributed by atoms with Crippen LogP contribution in [-0.2, 0) is 4.79 Å². The third-order valence-electron chi connectivity index (χ3n) is 4.17. The molecule has 1 aliphatic heterocycles. The lowest BCUT2D eigenvalue weighted by molar-refractivity contribution is -0.124. The van der Waals surface area contributed by atoms with Crippen molar-refractivity contribution < 1.29 is 4.79 Å². The van der Waals surface area contributed by atoms with E-state index in [1.165, 1.54) is 5.56 Å². The monoisotopic (exact) mass is 289 g/mol. The van der Waals surface area contributed by atoms with Crippen molar-refractivity contribution in [3.63, 3.8) is 0 Å². The van der Waals surface area contributed by atoms with Crippen LogP contribution in [0.4, 0.5) is 5.13 Å². The summed E-state index contributed by atoms with van der Waals surface area (Å²) in [5, 5.41) is 7.00. The van der Waals surface area contributed by atoms with Gasteiger partial charge in [-0.3, -0.25) is 4.79 Å². The van der Waals surface area contributed by atoms with Crippen LogP contribution in [0.5, 0.6) is 0 Å². The second-order valence-corrected chi connectivity index (χ2v) is 6.54. The van der Waals surface area contributed by atoms with Gasteiger partial charge in [-0.05, 0) is 44.0 Å². The van der Waals surface area contributed by atoms with Crippen LogP contribution in [0.25, 0.3) is 10.2 Å². The molecule has 4 nitrogen and oxygen atoms in total. The number of amides is 1. The number of rotatable bonds is 3. The predicted molar refractivity (Wildman–Crippen MR) is 83.2 cm³/mol. The molecule has 2 heterocycles. The van der Waals surface area contributed by atoms with Gasteiger partial charge in [0.15, 0.2) is 5.13 Å². The summed E-state index contributed by atoms with van der Waals surface area (Å²) in [7, 11) is 0. The Hall–Kier alpha value is -1.46. The topological polar surface area (TPSA) is 54.0 Å². The number of hydrogen-bond acceptors (Lipinski definition) is 4. The molecule has 5 heteroatoms. The van der Waals surface area contributed by atoms with E-state index in [4.69, 9.17) is 0 Å². The summed E-state index contributed by atoms with van der Waals surface area (Å²) in [5.74, 6) is 0.0979. The van der Waals surface area contributed by atoms with Gasteiger partial charge in [-0.1, -0.05) is 24.3 Å². The Kier molecular flexibility index (Phi) is 3.48. The zero-order valence-corrected chi connectivity index (χ0v) is 12.6. The number of carbonyl (C=O) groups excluding carboxylic acids is 1. The standard InChI is InChI=1S/C15H19N3OS/c1-3-15(6-7-16-9-15)13(19)18-14-17-11-5-4-10(2)8-12(11)20-14/h4-5,8,16H,3,6-7,9H2,1-2H3,(H,17,18,19). The number of benzene rings is 1. The van der Waals surface area contributed by atoms with Crippen molar-refractivity contribution in [3.05, 3.63) is 23.8 Å². The number of aryl methyl sites for hydroxylation is 1. The molecule has 1 aromatic heterocycles. The number of nitrogens with zero attached hydrogens (tertiary/aromatic N) is 1. The van der Waals surface area contributed by atoms with Gasteiger partial charge in [0.2, 0.25) is 5.91 Å². The van der Waals surface area contributed by atoms with Crippen LogP contribution in [0.15, 0.2) is 18.2 Å². The largest absolute Gasteiger partial charge is 0.316 e. The normalized spacial score (nSPS) is 22.3. The lowest BCUT2D eigenvalue weighted by Gasteiger charge is -2.24. The smallest absolute Gasteiger partial charge is 0.233 e. The van der Waals surface area contributed by atoms with Gasteiger partial charge in [-0.2, -0.15) is 0 Å². The lowest BCUT2D eigenvalue weighted by atomic mass is 9.83. The summed E-state index contributed by atoms with van der Waals surface area (Å²) in [5.41, 5.74) is 1.89. The first-order valence-corrected chi connectivity index (χ1v) is 7.84. The molecule has 106 valence electrons. The number of fused-ring (bicyclic) bond motifs is 1. The number of anilines is 1. The highest BCUT2D eigenvalue weighted by atomic mass is 32.1. The third-order valence-corrected chi connectivity index (χ3v) is 5.10. The molecule has 1 aromatic carbocycles. The summed E-state index contributed by atoms with van der Waals surface area (Å²) >= 11 is 1.54. The van der Waals surface area contributed by atoms with E-state index in [2.05, 4.69) is 35.5 Å². The summed E-state index contributed by atoms with van der Waals surface area (Å²) in [4.78, 5) is 17.0. The maximum absolute atomic E-state index is 12.5. The van der Waals surface area contributed by atoms with Gasteiger partial charge in [-0.25, -0.2) is 4.98 Å². The van der Waals surface area contributed by atoms with Gasteiger partial charge in [0.1, 0.15) is 0 Å². The molecule has 2 aromatic rings. The molecule has 1 saturated heterocycles. The average molecular weight is 289 g/mol. The Labute approximate surface area is 122 Å². The van der Waals surface area contributed by atoms with Crippen LogP contribution in [0, 0.1) is 12.3 Å². The molecule has 1 fully saturated rings. The van der Waals surface area contributed by atoms with E-state index < -0.39 is 0 Å². The van der Waals surface area contributed by atoms with E-state index in [1.807, 2.05) is 12.1 Å². The summed E-state index contributed by atoms with van der Waals surface area (Å²) in [6.07, 6.45) is 1.76. The highest BCUT2D eigenvalue weighted by Gasteiger charge is 2.39. The molecule has 0 bridgehead atoms. The molecule has 20 heavy (non-hydrogen) atoms. The predicted octanol–water partition coefficient (Wildman–Crippen LogP) is 2.93. The molecule has 1 aliphatic rings. The minimum Gasteiger partial charge on any atom is -0.316 e. The first kappa shape index (κ1) is 13.5. The maximum atomic E-state index is 12.5. The zero-order valence-electron chi connectivity index (χ0n) is 11.8. The number of nitrogens with one attached hydrogen (secondary N) is 2. The van der Waals surface area contributed by atoms with Crippen LogP contribution in [0.2, 0.25) is 0 Å². The van der Waals surface area contributed by atoms with Crippen molar-refractivity contribution in [2.45, 2.75) is 26.7 Å². The number of aromatic nitrogens is 1. The molecule has 3 rings (SSSR count). The Bertz CT molecular complexity index is 644. The van der Waals surface area contributed by atoms with E-state index in [1.54, 1.807) is 11.3 Å². The van der Waals surface area contributed by atoms with Crippen molar-refractivity contribution >= 4 is 32.6 Å². The second kappa shape index (κ2) is 5.14. The molecule has 2 N–H and O–H groups in total. The molecular weight excluding hydrogens is 270 g/mol. The van der Waals surface area contributed by atoms with Crippen LogP contribution < -0.4 is 10.6 Å². The van der Waals surface area contributed by atoms with Gasteiger partial charge in [0.25, 0.3) is 0 Å². The first-order valence-electron chi connectivity index (χ1n) is 7.02. The average Bonchev–Trinajstić information content (AvgIpc) is 3.04. The Morgan fingerprint density at radius 3 is 3.10 bits per heavy atom. The number of hydrogen-bond donors (Lipinski definition) is 2. The lowest BCUT2D eigenvalue weighted by Crippen LogP contribution is -2.37. The molecule has 1 amide bonds. The second-order valence-electron chi connectivity index (χ2n) is 5.50. The Morgan fingerprint density at radius 2 is 2.40 bits per heavy atom. The highest BCUT2D eigenvalue weighted by Crippen LogP contribution is 2.33. The Balaban J connectivity index is 1.83. The maximum Gasteiger partial charge on any atom is 0.233 e. The van der Waals surface area contributed by atoms with Crippen LogP contribution in [0.1, 0.15) is 25.3 Å². The van der Waals surface area contributed by atoms with Gasteiger partial charge < -0.3 is 10.6 Å². The van der Waals surface area contributed by atoms with Crippen molar-refractivity contribution in [1.82, 2.24) is 10.3 Å². The molecule has 0 saturated carbocycles. The van der Waals surface area contributed by atoms with Crippen molar-refractivity contribution in [3.8, 4) is 0 Å². The van der Waals surface area contributed by atoms with Gasteiger partial charge >= 0.3 is 0 Å². The molecular formula is C15H19N3OS. The molecule has 1 unspecified atom stereocenters. The fourth-order valence-electron chi connectivity index (χ4n) is 2.71. The van der Waals surface area contributed by atoms with E-state index >= 15 is 0 Å². The Morgan fingerprint density at radius 1 is 1.55 bits per heavy atom. The fraction of sp³-hybridized carbons (Fsp3) is 0.467. The minimum atomic E-state index is -0.270. The quantitative estimate of drug-likeness (QED) is 0.913. The van der Waals surface area contributed by atoms with Gasteiger partial charge in [0.05, 0.1) is 15.6 Å². The van der Waals surface area contributed by atoms with Crippen molar-refractivity contribution in [1.29, 1.82) is 0 Å². The third kappa shape index (κ3) is 2.31. The minimum absolute atomic E-state index is 0.0979. The SMILES string of the molecule is CCC1(C(=O)Nc2nc3ccc(C)cc3s2)CCNC1. The van der Waals surface area contributed by atoms with E-state index in [9.17, 15) is 4.79 Å². The van der Waals surface area contributed by atoms with Crippen LogP contribution in [-0.4, -0.2) is 24.0 Å². The van der Waals surface area contributed by atoms with Crippen molar-refractivity contribution in [2.24, 2.45) is 5.41 Å². The van der Waals surface area contributed by atoms with Crippen molar-refractivity contribution in [2.75, 3.05) is 18.4 Å². The molecule has 0 spiro atoms. The van der Waals surface area contributed by atoms with Gasteiger partial charge in [0, 0.05) is 6.54 Å². The zero-order chi connectivity index (χ0) is 14.2. The summed E-state index contributed by atoms with van der Waals surface area (Å²) < 4.78 is 1.12. The highest BCUT2D eigenvalue weighted by molar-refractivity contribution is 7.22. The number of carbonyl (C=O) groups is 1. The molecule has 0 radical (unpaired) electrons. The number of thiazole rings is 1. The molecule has 0 aliphatic carbocycles. The van der Waals surface area contributed by atoms with E-state index in [0.717, 1.165) is 36.1 Å². The van der Waals surface area contributed by atoms with Crippen LogP contribution >= 0.6 is 11.3 Å². The molecule has 1 atom stereocenters.